The zero-order chi connectivity index (χ0) is 14.3. The summed E-state index contributed by atoms with van der Waals surface area (Å²) in [5, 5.41) is 12.1. The van der Waals surface area contributed by atoms with Gasteiger partial charge in [0.15, 0.2) is 0 Å². The molecule has 1 heterocycles. The van der Waals surface area contributed by atoms with E-state index >= 15 is 0 Å². The Morgan fingerprint density at radius 3 is 2.74 bits per heavy atom. The van der Waals surface area contributed by atoms with Gasteiger partial charge in [0.25, 0.3) is 5.91 Å². The molecule has 6 heteroatoms. The van der Waals surface area contributed by atoms with Crippen LogP contribution in [0.1, 0.15) is 36.5 Å². The Morgan fingerprint density at radius 1 is 1.42 bits per heavy atom. The van der Waals surface area contributed by atoms with E-state index in [1.807, 2.05) is 0 Å². The Hall–Kier alpha value is -0.840. The highest BCUT2D eigenvalue weighted by Gasteiger charge is 2.14. The minimum atomic E-state index is -0.270. The second kappa shape index (κ2) is 8.35. The maximum absolute atomic E-state index is 11.9. The van der Waals surface area contributed by atoms with Crippen molar-refractivity contribution >= 4 is 29.1 Å². The number of hydrogen-bond donors (Lipinski definition) is 2. The molecular formula is C13H18Cl2N2O2. The number of amides is 1. The Morgan fingerprint density at radius 2 is 2.16 bits per heavy atom. The van der Waals surface area contributed by atoms with E-state index in [9.17, 15) is 4.79 Å². The van der Waals surface area contributed by atoms with Crippen LogP contribution >= 0.6 is 23.2 Å². The standard InChI is InChI=1S/C13H18Cl2N2O2/c1-2-3-9(6-7-18)8-16-13(19)10-4-5-11(14)17-12(10)15/h4-5,9,18H,2-3,6-8H2,1H3,(H,16,19). The van der Waals surface area contributed by atoms with Crippen LogP contribution in [0.3, 0.4) is 0 Å². The highest BCUT2D eigenvalue weighted by Crippen LogP contribution is 2.17. The lowest BCUT2D eigenvalue weighted by Crippen LogP contribution is -2.30. The highest BCUT2D eigenvalue weighted by atomic mass is 35.5. The van der Waals surface area contributed by atoms with E-state index in [-0.39, 0.29) is 28.7 Å². The number of aliphatic hydroxyl groups is 1. The van der Waals surface area contributed by atoms with Crippen molar-refractivity contribution in [3.05, 3.63) is 28.0 Å². The van der Waals surface area contributed by atoms with Gasteiger partial charge in [-0.25, -0.2) is 4.98 Å². The molecule has 0 spiro atoms. The minimum Gasteiger partial charge on any atom is -0.396 e. The summed E-state index contributed by atoms with van der Waals surface area (Å²) in [6, 6.07) is 3.08. The van der Waals surface area contributed by atoms with Crippen LogP contribution in [0.4, 0.5) is 0 Å². The smallest absolute Gasteiger partial charge is 0.254 e. The Bertz CT molecular complexity index is 421. The molecule has 106 valence electrons. The van der Waals surface area contributed by atoms with E-state index in [1.165, 1.54) is 6.07 Å². The van der Waals surface area contributed by atoms with Crippen molar-refractivity contribution in [3.8, 4) is 0 Å². The van der Waals surface area contributed by atoms with Crippen molar-refractivity contribution in [1.29, 1.82) is 0 Å². The van der Waals surface area contributed by atoms with Crippen LogP contribution in [0.15, 0.2) is 12.1 Å². The predicted molar refractivity (Wildman–Crippen MR) is 76.7 cm³/mol. The number of aliphatic hydroxyl groups excluding tert-OH is 1. The molecule has 0 saturated heterocycles. The van der Waals surface area contributed by atoms with Crippen LogP contribution in [-0.2, 0) is 0 Å². The van der Waals surface area contributed by atoms with Crippen molar-refractivity contribution in [2.24, 2.45) is 5.92 Å². The molecule has 19 heavy (non-hydrogen) atoms. The molecule has 1 amide bonds. The normalized spacial score (nSPS) is 12.2. The summed E-state index contributed by atoms with van der Waals surface area (Å²) >= 11 is 11.5. The summed E-state index contributed by atoms with van der Waals surface area (Å²) in [5.74, 6) is 0.00574. The molecular weight excluding hydrogens is 287 g/mol. The molecule has 0 bridgehead atoms. The Balaban J connectivity index is 2.58. The van der Waals surface area contributed by atoms with Gasteiger partial charge in [-0.3, -0.25) is 4.79 Å². The number of nitrogens with one attached hydrogen (secondary N) is 1. The summed E-state index contributed by atoms with van der Waals surface area (Å²) in [6.45, 7) is 2.72. The lowest BCUT2D eigenvalue weighted by atomic mass is 10.0. The first-order chi connectivity index (χ1) is 9.08. The Labute approximate surface area is 123 Å². The van der Waals surface area contributed by atoms with Gasteiger partial charge in [0, 0.05) is 13.2 Å². The van der Waals surface area contributed by atoms with E-state index in [1.54, 1.807) is 6.07 Å². The van der Waals surface area contributed by atoms with Crippen LogP contribution in [0, 0.1) is 5.92 Å². The van der Waals surface area contributed by atoms with Gasteiger partial charge in [-0.2, -0.15) is 0 Å². The predicted octanol–water partition coefficient (Wildman–Crippen LogP) is 2.92. The molecule has 4 nitrogen and oxygen atoms in total. The van der Waals surface area contributed by atoms with Gasteiger partial charge in [-0.15, -0.1) is 0 Å². The molecule has 0 radical (unpaired) electrons. The fourth-order valence-electron chi connectivity index (χ4n) is 1.85. The van der Waals surface area contributed by atoms with Crippen LogP contribution in [0.2, 0.25) is 10.3 Å². The highest BCUT2D eigenvalue weighted by molar-refractivity contribution is 6.34. The van der Waals surface area contributed by atoms with E-state index in [2.05, 4.69) is 17.2 Å². The molecule has 0 aliphatic heterocycles. The number of rotatable bonds is 7. The van der Waals surface area contributed by atoms with E-state index in [0.717, 1.165) is 12.8 Å². The molecule has 1 aromatic heterocycles. The van der Waals surface area contributed by atoms with Gasteiger partial charge in [0.2, 0.25) is 0 Å². The van der Waals surface area contributed by atoms with E-state index in [4.69, 9.17) is 28.3 Å². The van der Waals surface area contributed by atoms with E-state index < -0.39 is 0 Å². The van der Waals surface area contributed by atoms with Crippen molar-refractivity contribution < 1.29 is 9.90 Å². The molecule has 2 N–H and O–H groups in total. The molecule has 0 fully saturated rings. The number of carbonyl (C=O) groups excluding carboxylic acids is 1. The first-order valence-electron chi connectivity index (χ1n) is 6.29. The molecule has 1 atom stereocenters. The van der Waals surface area contributed by atoms with Gasteiger partial charge >= 0.3 is 0 Å². The molecule has 0 aromatic carbocycles. The number of halogens is 2. The zero-order valence-corrected chi connectivity index (χ0v) is 12.3. The molecule has 1 rings (SSSR count). The second-order valence-electron chi connectivity index (χ2n) is 4.35. The largest absolute Gasteiger partial charge is 0.396 e. The third-order valence-corrected chi connectivity index (χ3v) is 3.34. The summed E-state index contributed by atoms with van der Waals surface area (Å²) in [6.07, 6.45) is 2.66. The average molecular weight is 305 g/mol. The lowest BCUT2D eigenvalue weighted by Gasteiger charge is -2.15. The zero-order valence-electron chi connectivity index (χ0n) is 10.8. The molecule has 0 saturated carbocycles. The lowest BCUT2D eigenvalue weighted by molar-refractivity contribution is 0.0942. The SMILES string of the molecule is CCCC(CCO)CNC(=O)c1ccc(Cl)nc1Cl. The monoisotopic (exact) mass is 304 g/mol. The number of pyridine rings is 1. The first kappa shape index (κ1) is 16.2. The van der Waals surface area contributed by atoms with Crippen LogP contribution in [-0.4, -0.2) is 29.1 Å². The third kappa shape index (κ3) is 5.35. The summed E-state index contributed by atoms with van der Waals surface area (Å²) in [7, 11) is 0. The topological polar surface area (TPSA) is 62.2 Å². The number of carbonyl (C=O) groups is 1. The minimum absolute atomic E-state index is 0.0965. The van der Waals surface area contributed by atoms with Crippen molar-refractivity contribution in [1.82, 2.24) is 10.3 Å². The first-order valence-corrected chi connectivity index (χ1v) is 7.05. The summed E-state index contributed by atoms with van der Waals surface area (Å²) < 4.78 is 0. The van der Waals surface area contributed by atoms with Crippen molar-refractivity contribution in [3.63, 3.8) is 0 Å². The van der Waals surface area contributed by atoms with Gasteiger partial charge < -0.3 is 10.4 Å². The van der Waals surface area contributed by atoms with Crippen molar-refractivity contribution in [2.45, 2.75) is 26.2 Å². The van der Waals surface area contributed by atoms with Crippen LogP contribution < -0.4 is 5.32 Å². The average Bonchev–Trinajstić information content (AvgIpc) is 2.36. The number of hydrogen-bond acceptors (Lipinski definition) is 3. The fourth-order valence-corrected chi connectivity index (χ4v) is 2.28. The molecule has 0 aliphatic rings. The molecule has 1 aromatic rings. The number of nitrogens with zero attached hydrogens (tertiary/aromatic N) is 1. The van der Waals surface area contributed by atoms with Gasteiger partial charge in [-0.05, 0) is 30.9 Å². The summed E-state index contributed by atoms with van der Waals surface area (Å²) in [4.78, 5) is 15.8. The van der Waals surface area contributed by atoms with Gasteiger partial charge in [0.1, 0.15) is 10.3 Å². The third-order valence-electron chi connectivity index (χ3n) is 2.84. The van der Waals surface area contributed by atoms with Gasteiger partial charge in [0.05, 0.1) is 5.56 Å². The van der Waals surface area contributed by atoms with Crippen molar-refractivity contribution in [2.75, 3.05) is 13.2 Å². The second-order valence-corrected chi connectivity index (χ2v) is 5.09. The maximum Gasteiger partial charge on any atom is 0.254 e. The van der Waals surface area contributed by atoms with Crippen LogP contribution in [0.5, 0.6) is 0 Å². The van der Waals surface area contributed by atoms with E-state index in [0.29, 0.717) is 18.5 Å². The fraction of sp³-hybridized carbons (Fsp3) is 0.538. The summed E-state index contributed by atoms with van der Waals surface area (Å²) in [5.41, 5.74) is 0.310. The number of aromatic nitrogens is 1. The van der Waals surface area contributed by atoms with Gasteiger partial charge in [-0.1, -0.05) is 36.5 Å². The quantitative estimate of drug-likeness (QED) is 0.761. The Kier molecular flexibility index (Phi) is 7.13. The van der Waals surface area contributed by atoms with Crippen LogP contribution in [0.25, 0.3) is 0 Å². The maximum atomic E-state index is 11.9. The molecule has 0 aliphatic carbocycles. The molecule has 1 unspecified atom stereocenters.